The summed E-state index contributed by atoms with van der Waals surface area (Å²) in [5, 5.41) is 9.36. The fourth-order valence-corrected chi connectivity index (χ4v) is 5.07. The van der Waals surface area contributed by atoms with E-state index >= 15 is 0 Å². The van der Waals surface area contributed by atoms with Crippen LogP contribution in [-0.2, 0) is 19.6 Å². The molecule has 10 heteroatoms. The van der Waals surface area contributed by atoms with E-state index in [2.05, 4.69) is 45.5 Å². The SMILES string of the molecule is CC.Cc1cc2c(N)nccc2c(C)c1CNc1cc(NCc2ccc(Cn3cc(Cl)cc(Cl)c3=O)cc2)ncn1. The molecular formula is C31H33Cl2N7O. The number of pyridine rings is 2. The Morgan fingerprint density at radius 2 is 1.51 bits per heavy atom. The van der Waals surface area contributed by atoms with Crippen LogP contribution in [0.15, 0.2) is 72.0 Å². The zero-order valence-electron chi connectivity index (χ0n) is 23.5. The summed E-state index contributed by atoms with van der Waals surface area (Å²) in [4.78, 5) is 25.2. The van der Waals surface area contributed by atoms with Crippen LogP contribution in [0.5, 0.6) is 0 Å². The van der Waals surface area contributed by atoms with Crippen molar-refractivity contribution in [2.45, 2.75) is 47.3 Å². The average molecular weight is 591 g/mol. The minimum Gasteiger partial charge on any atom is -0.383 e. The molecule has 0 aliphatic rings. The number of anilines is 3. The second kappa shape index (κ2) is 13.5. The normalized spacial score (nSPS) is 10.7. The van der Waals surface area contributed by atoms with Crippen LogP contribution in [0.2, 0.25) is 10.0 Å². The highest BCUT2D eigenvalue weighted by Gasteiger charge is 2.11. The molecular weight excluding hydrogens is 557 g/mol. The number of aromatic nitrogens is 4. The number of nitrogens with zero attached hydrogens (tertiary/aromatic N) is 4. The maximum atomic E-state index is 12.2. The minimum absolute atomic E-state index is 0.104. The quantitative estimate of drug-likeness (QED) is 0.179. The van der Waals surface area contributed by atoms with Crippen molar-refractivity contribution in [3.63, 3.8) is 0 Å². The van der Waals surface area contributed by atoms with Gasteiger partial charge in [-0.05, 0) is 65.3 Å². The van der Waals surface area contributed by atoms with Crippen LogP contribution in [0.4, 0.5) is 17.5 Å². The first-order valence-electron chi connectivity index (χ1n) is 13.3. The molecule has 0 saturated carbocycles. The van der Waals surface area contributed by atoms with Crippen LogP contribution in [0.25, 0.3) is 10.8 Å². The molecule has 0 radical (unpaired) electrons. The van der Waals surface area contributed by atoms with Crippen LogP contribution in [-0.4, -0.2) is 19.5 Å². The number of nitrogens with one attached hydrogen (secondary N) is 2. The molecule has 41 heavy (non-hydrogen) atoms. The Kier molecular flexibility index (Phi) is 9.81. The lowest BCUT2D eigenvalue weighted by Crippen LogP contribution is -2.20. The summed E-state index contributed by atoms with van der Waals surface area (Å²) in [6.07, 6.45) is 4.86. The maximum absolute atomic E-state index is 12.2. The first kappa shape index (κ1) is 29.8. The molecule has 0 amide bonds. The van der Waals surface area contributed by atoms with Crippen molar-refractivity contribution in [1.82, 2.24) is 19.5 Å². The number of halogens is 2. The summed E-state index contributed by atoms with van der Waals surface area (Å²) in [6, 6.07) is 15.4. The lowest BCUT2D eigenvalue weighted by atomic mass is 9.96. The van der Waals surface area contributed by atoms with Crippen LogP contribution in [0.1, 0.15) is 41.7 Å². The highest BCUT2D eigenvalue weighted by molar-refractivity contribution is 6.34. The van der Waals surface area contributed by atoms with Crippen LogP contribution in [0.3, 0.4) is 0 Å². The molecule has 0 aliphatic carbocycles. The highest BCUT2D eigenvalue weighted by atomic mass is 35.5. The van der Waals surface area contributed by atoms with Gasteiger partial charge in [-0.25, -0.2) is 15.0 Å². The van der Waals surface area contributed by atoms with Crippen molar-refractivity contribution in [2.24, 2.45) is 0 Å². The van der Waals surface area contributed by atoms with Gasteiger partial charge in [-0.1, -0.05) is 61.3 Å². The number of rotatable bonds is 8. The van der Waals surface area contributed by atoms with Crippen LogP contribution < -0.4 is 21.9 Å². The fraction of sp³-hybridized carbons (Fsp3) is 0.226. The van der Waals surface area contributed by atoms with Gasteiger partial charge in [-0.3, -0.25) is 4.79 Å². The first-order chi connectivity index (χ1) is 19.8. The number of hydrogen-bond donors (Lipinski definition) is 3. The molecule has 5 aromatic rings. The predicted molar refractivity (Wildman–Crippen MR) is 170 cm³/mol. The zero-order chi connectivity index (χ0) is 29.5. The van der Waals surface area contributed by atoms with E-state index in [-0.39, 0.29) is 10.6 Å². The highest BCUT2D eigenvalue weighted by Crippen LogP contribution is 2.28. The lowest BCUT2D eigenvalue weighted by molar-refractivity contribution is 0.759. The van der Waals surface area contributed by atoms with Gasteiger partial charge in [0.05, 0.1) is 11.6 Å². The standard InChI is InChI=1S/C29H27Cl2N7O.C2H6/c1-17-9-23-22(7-8-33-28(23)32)18(2)24(17)13-35-27-11-26(36-16-37-27)34-12-19-3-5-20(6-4-19)14-38-15-21(30)10-25(31)29(38)39;1-2/h3-11,15-16H,12-14H2,1-2H3,(H2,32,33)(H2,34,35,36,37);1-2H3. The predicted octanol–water partition coefficient (Wildman–Crippen LogP) is 6.99. The molecule has 0 bridgehead atoms. The summed E-state index contributed by atoms with van der Waals surface area (Å²) in [5.74, 6) is 1.98. The number of fused-ring (bicyclic) bond motifs is 1. The zero-order valence-corrected chi connectivity index (χ0v) is 25.0. The second-order valence-electron chi connectivity index (χ2n) is 9.34. The molecule has 0 saturated heterocycles. The van der Waals surface area contributed by atoms with Crippen molar-refractivity contribution >= 4 is 51.4 Å². The van der Waals surface area contributed by atoms with Crippen molar-refractivity contribution in [1.29, 1.82) is 0 Å². The van der Waals surface area contributed by atoms with E-state index in [0.29, 0.717) is 36.3 Å². The second-order valence-corrected chi connectivity index (χ2v) is 10.2. The minimum atomic E-state index is -0.270. The van der Waals surface area contributed by atoms with Gasteiger partial charge < -0.3 is 20.9 Å². The Bertz CT molecular complexity index is 1720. The van der Waals surface area contributed by atoms with Gasteiger partial charge in [0.25, 0.3) is 5.56 Å². The fourth-order valence-electron chi connectivity index (χ4n) is 4.57. The van der Waals surface area contributed by atoms with Gasteiger partial charge >= 0.3 is 0 Å². The molecule has 0 atom stereocenters. The van der Waals surface area contributed by atoms with Crippen molar-refractivity contribution in [2.75, 3.05) is 16.4 Å². The van der Waals surface area contributed by atoms with Gasteiger partial charge in [-0.2, -0.15) is 0 Å². The van der Waals surface area contributed by atoms with E-state index in [9.17, 15) is 4.79 Å². The molecule has 3 aromatic heterocycles. The summed E-state index contributed by atoms with van der Waals surface area (Å²) in [5.41, 5.74) is 11.4. The number of nitrogens with two attached hydrogens (primary N) is 1. The Labute approximate surface area is 249 Å². The van der Waals surface area contributed by atoms with Crippen LogP contribution >= 0.6 is 23.2 Å². The van der Waals surface area contributed by atoms with E-state index in [1.807, 2.05) is 50.2 Å². The molecule has 0 unspecified atom stereocenters. The average Bonchev–Trinajstić information content (AvgIpc) is 2.97. The lowest BCUT2D eigenvalue weighted by Gasteiger charge is -2.15. The summed E-state index contributed by atoms with van der Waals surface area (Å²) in [7, 11) is 0. The largest absolute Gasteiger partial charge is 0.383 e. The smallest absolute Gasteiger partial charge is 0.269 e. The van der Waals surface area contributed by atoms with Gasteiger partial charge in [0.15, 0.2) is 0 Å². The molecule has 2 aromatic carbocycles. The molecule has 4 N–H and O–H groups in total. The molecule has 3 heterocycles. The van der Waals surface area contributed by atoms with Gasteiger partial charge in [0, 0.05) is 36.9 Å². The third-order valence-corrected chi connectivity index (χ3v) is 7.16. The van der Waals surface area contributed by atoms with E-state index in [0.717, 1.165) is 33.3 Å². The maximum Gasteiger partial charge on any atom is 0.269 e. The summed E-state index contributed by atoms with van der Waals surface area (Å²) >= 11 is 12.0. The third kappa shape index (κ3) is 7.14. The molecule has 5 rings (SSSR count). The van der Waals surface area contributed by atoms with Crippen LogP contribution in [0, 0.1) is 13.8 Å². The van der Waals surface area contributed by atoms with Crippen molar-refractivity contribution in [3.05, 3.63) is 115 Å². The molecule has 0 spiro atoms. The molecule has 8 nitrogen and oxygen atoms in total. The van der Waals surface area contributed by atoms with Crippen molar-refractivity contribution < 1.29 is 0 Å². The monoisotopic (exact) mass is 589 g/mol. The summed E-state index contributed by atoms with van der Waals surface area (Å²) < 4.78 is 1.50. The van der Waals surface area contributed by atoms with Gasteiger partial charge in [0.2, 0.25) is 0 Å². The van der Waals surface area contributed by atoms with E-state index in [1.54, 1.807) is 12.4 Å². The Hall–Kier alpha value is -4.14. The number of aryl methyl sites for hydroxylation is 2. The number of nitrogen functional groups attached to an aromatic ring is 1. The number of benzene rings is 2. The van der Waals surface area contributed by atoms with E-state index in [4.69, 9.17) is 28.9 Å². The Morgan fingerprint density at radius 3 is 2.22 bits per heavy atom. The molecule has 212 valence electrons. The van der Waals surface area contributed by atoms with Crippen molar-refractivity contribution in [3.8, 4) is 0 Å². The molecule has 0 fully saturated rings. The third-order valence-electron chi connectivity index (χ3n) is 6.69. The van der Waals surface area contributed by atoms with E-state index in [1.165, 1.54) is 28.1 Å². The van der Waals surface area contributed by atoms with Gasteiger partial charge in [0.1, 0.15) is 28.8 Å². The molecule has 0 aliphatic heterocycles. The van der Waals surface area contributed by atoms with E-state index < -0.39 is 0 Å². The topological polar surface area (TPSA) is 111 Å². The summed E-state index contributed by atoms with van der Waals surface area (Å²) in [6.45, 7) is 9.77. The number of hydrogen-bond acceptors (Lipinski definition) is 7. The van der Waals surface area contributed by atoms with Gasteiger partial charge in [-0.15, -0.1) is 0 Å². The first-order valence-corrected chi connectivity index (χ1v) is 14.1. The Balaban J connectivity index is 0.00000189. The Morgan fingerprint density at radius 1 is 0.854 bits per heavy atom.